The summed E-state index contributed by atoms with van der Waals surface area (Å²) >= 11 is 2.06. The lowest BCUT2D eigenvalue weighted by Crippen LogP contribution is -2.23. The third-order valence-electron chi connectivity index (χ3n) is 3.79. The molecule has 0 aromatic carbocycles. The van der Waals surface area contributed by atoms with Crippen molar-refractivity contribution in [2.45, 2.75) is 45.2 Å². The molecule has 1 fully saturated rings. The van der Waals surface area contributed by atoms with Gasteiger partial charge in [0.05, 0.1) is 25.0 Å². The van der Waals surface area contributed by atoms with Crippen LogP contribution in [0.3, 0.4) is 0 Å². The number of hydrogen-bond acceptors (Lipinski definition) is 4. The lowest BCUT2D eigenvalue weighted by atomic mass is 9.93. The number of nitrogens with two attached hydrogens (primary N) is 1. The Morgan fingerprint density at radius 1 is 1.47 bits per heavy atom. The van der Waals surface area contributed by atoms with E-state index in [0.29, 0.717) is 6.04 Å². The van der Waals surface area contributed by atoms with Crippen molar-refractivity contribution in [1.29, 1.82) is 0 Å². The minimum Gasteiger partial charge on any atom is -0.493 e. The first-order valence-corrected chi connectivity index (χ1v) is 8.23. The molecule has 0 bridgehead atoms. The van der Waals surface area contributed by atoms with E-state index in [4.69, 9.17) is 10.5 Å². The second-order valence-electron chi connectivity index (χ2n) is 5.53. The molecule has 1 aliphatic heterocycles. The Hall–Kier alpha value is -0.680. The van der Waals surface area contributed by atoms with Gasteiger partial charge in [0.1, 0.15) is 0 Å². The molecule has 1 saturated heterocycles. The highest BCUT2D eigenvalue weighted by atomic mass is 32.2. The van der Waals surface area contributed by atoms with Crippen LogP contribution in [-0.2, 0) is 0 Å². The maximum Gasteiger partial charge on any atom is 0.161 e. The summed E-state index contributed by atoms with van der Waals surface area (Å²) < 4.78 is 7.42. The Morgan fingerprint density at radius 2 is 2.16 bits per heavy atom. The van der Waals surface area contributed by atoms with Crippen LogP contribution < -0.4 is 10.5 Å². The largest absolute Gasteiger partial charge is 0.493 e. The van der Waals surface area contributed by atoms with Gasteiger partial charge >= 0.3 is 0 Å². The highest BCUT2D eigenvalue weighted by Crippen LogP contribution is 2.34. The molecular weight excluding hydrogens is 258 g/mol. The van der Waals surface area contributed by atoms with E-state index in [1.54, 1.807) is 13.3 Å². The fourth-order valence-corrected chi connectivity index (χ4v) is 3.93. The highest BCUT2D eigenvalue weighted by molar-refractivity contribution is 7.99. The number of methoxy groups -OCH3 is 1. The average molecular weight is 283 g/mol. The number of ether oxygens (including phenoxy) is 1. The van der Waals surface area contributed by atoms with E-state index >= 15 is 0 Å². The van der Waals surface area contributed by atoms with Crippen molar-refractivity contribution < 1.29 is 4.74 Å². The Bertz CT molecular complexity index is 399. The van der Waals surface area contributed by atoms with Crippen molar-refractivity contribution in [2.24, 2.45) is 11.7 Å². The minimum absolute atomic E-state index is 0.0212. The SMILES string of the molecule is COc1cnn(C(C)C)c1C(N)CC1CCSCC1. The Morgan fingerprint density at radius 3 is 2.74 bits per heavy atom. The predicted octanol–water partition coefficient (Wildman–Crippen LogP) is 3.01. The van der Waals surface area contributed by atoms with Gasteiger partial charge in [0.15, 0.2) is 5.75 Å². The van der Waals surface area contributed by atoms with Crippen molar-refractivity contribution in [3.63, 3.8) is 0 Å². The molecule has 108 valence electrons. The van der Waals surface area contributed by atoms with Crippen molar-refractivity contribution in [2.75, 3.05) is 18.6 Å². The second kappa shape index (κ2) is 6.66. The molecule has 1 aromatic rings. The Balaban J connectivity index is 2.12. The van der Waals surface area contributed by atoms with Crippen LogP contribution >= 0.6 is 11.8 Å². The monoisotopic (exact) mass is 283 g/mol. The molecule has 0 radical (unpaired) electrons. The number of aromatic nitrogens is 2. The van der Waals surface area contributed by atoms with Crippen molar-refractivity contribution in [3.05, 3.63) is 11.9 Å². The number of rotatable bonds is 5. The third-order valence-corrected chi connectivity index (χ3v) is 4.84. The van der Waals surface area contributed by atoms with Gasteiger partial charge in [-0.25, -0.2) is 0 Å². The van der Waals surface area contributed by atoms with Crippen LogP contribution in [0.5, 0.6) is 5.75 Å². The maximum atomic E-state index is 6.44. The third kappa shape index (κ3) is 3.45. The molecule has 1 atom stereocenters. The van der Waals surface area contributed by atoms with E-state index in [9.17, 15) is 0 Å². The first-order valence-electron chi connectivity index (χ1n) is 7.08. The zero-order chi connectivity index (χ0) is 13.8. The Kier molecular flexibility index (Phi) is 5.16. The summed E-state index contributed by atoms with van der Waals surface area (Å²) in [5.41, 5.74) is 7.49. The maximum absolute atomic E-state index is 6.44. The van der Waals surface area contributed by atoms with Gasteiger partial charge in [0.2, 0.25) is 0 Å². The number of thioether (sulfide) groups is 1. The molecular formula is C14H25N3OS. The van der Waals surface area contributed by atoms with Crippen molar-refractivity contribution in [3.8, 4) is 5.75 Å². The predicted molar refractivity (Wildman–Crippen MR) is 80.8 cm³/mol. The van der Waals surface area contributed by atoms with E-state index < -0.39 is 0 Å². The van der Waals surface area contributed by atoms with Crippen LogP contribution in [0.1, 0.15) is 50.9 Å². The molecule has 1 unspecified atom stereocenters. The number of nitrogens with zero attached hydrogens (tertiary/aromatic N) is 2. The summed E-state index contributed by atoms with van der Waals surface area (Å²) in [6.45, 7) is 4.25. The van der Waals surface area contributed by atoms with Gasteiger partial charge in [0.25, 0.3) is 0 Å². The van der Waals surface area contributed by atoms with E-state index in [1.165, 1.54) is 24.3 Å². The van der Waals surface area contributed by atoms with Gasteiger partial charge in [-0.3, -0.25) is 4.68 Å². The minimum atomic E-state index is 0.0212. The van der Waals surface area contributed by atoms with Crippen LogP contribution in [0.4, 0.5) is 0 Å². The standard InChI is InChI=1S/C14H25N3OS/c1-10(2)17-14(13(18-3)9-16-17)12(15)8-11-4-6-19-7-5-11/h9-12H,4-8,15H2,1-3H3. The van der Waals surface area contributed by atoms with Gasteiger partial charge in [-0.05, 0) is 50.5 Å². The summed E-state index contributed by atoms with van der Waals surface area (Å²) in [6, 6.07) is 0.333. The summed E-state index contributed by atoms with van der Waals surface area (Å²) in [5, 5.41) is 4.41. The molecule has 2 heterocycles. The van der Waals surface area contributed by atoms with Crippen LogP contribution in [0.25, 0.3) is 0 Å². The summed E-state index contributed by atoms with van der Waals surface area (Å²) in [7, 11) is 1.69. The topological polar surface area (TPSA) is 53.1 Å². The van der Waals surface area contributed by atoms with Gasteiger partial charge in [-0.1, -0.05) is 0 Å². The zero-order valence-corrected chi connectivity index (χ0v) is 12.9. The first-order chi connectivity index (χ1) is 9.13. The molecule has 2 rings (SSSR count). The molecule has 0 saturated carbocycles. The molecule has 5 heteroatoms. The average Bonchev–Trinajstić information content (AvgIpc) is 2.83. The van der Waals surface area contributed by atoms with Gasteiger partial charge in [-0.2, -0.15) is 16.9 Å². The van der Waals surface area contributed by atoms with Gasteiger partial charge < -0.3 is 10.5 Å². The molecule has 2 N–H and O–H groups in total. The fraction of sp³-hybridized carbons (Fsp3) is 0.786. The van der Waals surface area contributed by atoms with Crippen LogP contribution in [0.15, 0.2) is 6.20 Å². The Labute approximate surface area is 120 Å². The summed E-state index contributed by atoms with van der Waals surface area (Å²) in [4.78, 5) is 0. The summed E-state index contributed by atoms with van der Waals surface area (Å²) in [5.74, 6) is 4.12. The van der Waals surface area contributed by atoms with Gasteiger partial charge in [0, 0.05) is 6.04 Å². The normalized spacial score (nSPS) is 18.8. The molecule has 0 spiro atoms. The highest BCUT2D eigenvalue weighted by Gasteiger charge is 2.24. The molecule has 0 aliphatic carbocycles. The number of hydrogen-bond donors (Lipinski definition) is 1. The van der Waals surface area contributed by atoms with E-state index in [1.807, 2.05) is 4.68 Å². The van der Waals surface area contributed by atoms with E-state index in [2.05, 4.69) is 30.7 Å². The van der Waals surface area contributed by atoms with Crippen LogP contribution in [0, 0.1) is 5.92 Å². The smallest absolute Gasteiger partial charge is 0.161 e. The lowest BCUT2D eigenvalue weighted by Gasteiger charge is -2.25. The molecule has 0 amide bonds. The molecule has 1 aliphatic rings. The molecule has 19 heavy (non-hydrogen) atoms. The first kappa shape index (κ1) is 14.7. The second-order valence-corrected chi connectivity index (χ2v) is 6.76. The van der Waals surface area contributed by atoms with Crippen LogP contribution in [0.2, 0.25) is 0 Å². The van der Waals surface area contributed by atoms with Crippen molar-refractivity contribution >= 4 is 11.8 Å². The van der Waals surface area contributed by atoms with Crippen molar-refractivity contribution in [1.82, 2.24) is 9.78 Å². The molecule has 4 nitrogen and oxygen atoms in total. The van der Waals surface area contributed by atoms with E-state index in [0.717, 1.165) is 23.8 Å². The molecule has 1 aromatic heterocycles. The summed E-state index contributed by atoms with van der Waals surface area (Å²) in [6.07, 6.45) is 5.40. The van der Waals surface area contributed by atoms with E-state index in [-0.39, 0.29) is 6.04 Å². The fourth-order valence-electron chi connectivity index (χ4n) is 2.73. The van der Waals surface area contributed by atoms with Crippen LogP contribution in [-0.4, -0.2) is 28.4 Å². The zero-order valence-electron chi connectivity index (χ0n) is 12.1. The van der Waals surface area contributed by atoms with Gasteiger partial charge in [-0.15, -0.1) is 0 Å². The quantitative estimate of drug-likeness (QED) is 0.902. The lowest BCUT2D eigenvalue weighted by molar-refractivity contribution is 0.365.